The average Bonchev–Trinajstić information content (AvgIpc) is 2.54. The first kappa shape index (κ1) is 21.0. The number of ether oxygens (including phenoxy) is 1. The van der Waals surface area contributed by atoms with Gasteiger partial charge in [0.05, 0.1) is 20.0 Å². The number of nitrogens with one attached hydrogen (secondary N) is 1. The highest BCUT2D eigenvalue weighted by Gasteiger charge is 2.09. The molecule has 1 saturated heterocycles. The molecule has 1 fully saturated rings. The maximum atomic E-state index is 9.64. The predicted octanol–water partition coefficient (Wildman–Crippen LogP) is 1.46. The number of carboxylic acids is 2. The lowest BCUT2D eigenvalue weighted by Crippen LogP contribution is -2.43. The molecule has 1 aliphatic heterocycles. The number of piperazine rings is 1. The minimum atomic E-state index is -1.08. The highest BCUT2D eigenvalue weighted by molar-refractivity contribution is 5.85. The van der Waals surface area contributed by atoms with Crippen molar-refractivity contribution in [3.8, 4) is 5.75 Å². The van der Waals surface area contributed by atoms with E-state index in [-0.39, 0.29) is 25.2 Å². The molecule has 23 heavy (non-hydrogen) atoms. The van der Waals surface area contributed by atoms with Gasteiger partial charge in [-0.3, -0.25) is 9.59 Å². The molecule has 1 aromatic carbocycles. The summed E-state index contributed by atoms with van der Waals surface area (Å²) in [5.74, 6) is -1.23. The van der Waals surface area contributed by atoms with E-state index in [4.69, 9.17) is 14.9 Å². The van der Waals surface area contributed by atoms with Crippen LogP contribution in [0.1, 0.15) is 12.8 Å². The largest absolute Gasteiger partial charge is 0.497 e. The van der Waals surface area contributed by atoms with Crippen molar-refractivity contribution in [2.45, 2.75) is 12.8 Å². The first-order valence-electron chi connectivity index (χ1n) is 7.06. The summed E-state index contributed by atoms with van der Waals surface area (Å²) in [6.07, 6.45) is -0.593. The summed E-state index contributed by atoms with van der Waals surface area (Å²) in [7, 11) is 1.69. The molecule has 0 bridgehead atoms. The highest BCUT2D eigenvalue weighted by Crippen LogP contribution is 2.19. The fraction of sp³-hybridized carbons (Fsp3) is 0.467. The Labute approximate surface area is 141 Å². The Morgan fingerprint density at radius 1 is 1.09 bits per heavy atom. The summed E-state index contributed by atoms with van der Waals surface area (Å²) in [6, 6.07) is 8.25. The van der Waals surface area contributed by atoms with Crippen molar-refractivity contribution in [2.24, 2.45) is 0 Å². The van der Waals surface area contributed by atoms with E-state index < -0.39 is 11.9 Å². The van der Waals surface area contributed by atoms with Crippen LogP contribution in [0.4, 0.5) is 5.69 Å². The number of carbonyl (C=O) groups is 2. The zero-order valence-electron chi connectivity index (χ0n) is 13.0. The molecule has 0 aliphatic carbocycles. The molecule has 3 N–H and O–H groups in total. The fourth-order valence-electron chi connectivity index (χ4n) is 1.93. The van der Waals surface area contributed by atoms with Crippen LogP contribution in [0.25, 0.3) is 0 Å². The second kappa shape index (κ2) is 11.6. The smallest absolute Gasteiger partial charge is 0.303 e. The first-order chi connectivity index (χ1) is 10.5. The Kier molecular flexibility index (Phi) is 10.6. The fourth-order valence-corrected chi connectivity index (χ4v) is 1.93. The van der Waals surface area contributed by atoms with Crippen LogP contribution >= 0.6 is 12.4 Å². The predicted molar refractivity (Wildman–Crippen MR) is 89.8 cm³/mol. The highest BCUT2D eigenvalue weighted by atomic mass is 35.5. The molecule has 0 aromatic heterocycles. The van der Waals surface area contributed by atoms with Crippen LogP contribution in [0.3, 0.4) is 0 Å². The maximum absolute atomic E-state index is 9.64. The number of anilines is 1. The zero-order valence-corrected chi connectivity index (χ0v) is 13.8. The standard InChI is InChI=1S/C11H16N2O.C4H6O4.ClH/c1-14-11-4-2-10(3-5-11)13-8-6-12-7-9-13;5-3(6)1-2-4(7)8;/h2-5,12H,6-9H2,1H3;1-2H2,(H,5,6)(H,7,8);1H. The molecule has 0 radical (unpaired) electrons. The lowest BCUT2D eigenvalue weighted by molar-refractivity contribution is -0.143. The van der Waals surface area contributed by atoms with Gasteiger partial charge in [0.2, 0.25) is 0 Å². The second-order valence-electron chi connectivity index (χ2n) is 4.72. The Hall–Kier alpha value is -1.99. The molecule has 0 spiro atoms. The summed E-state index contributed by atoms with van der Waals surface area (Å²) in [5, 5.41) is 19.1. The van der Waals surface area contributed by atoms with Gasteiger partial charge in [-0.2, -0.15) is 0 Å². The van der Waals surface area contributed by atoms with Gasteiger partial charge >= 0.3 is 11.9 Å². The molecule has 0 atom stereocenters. The SMILES string of the molecule is COc1ccc(N2CCNCC2)cc1.Cl.O=C(O)CCC(=O)O. The summed E-state index contributed by atoms with van der Waals surface area (Å²) in [4.78, 5) is 21.7. The van der Waals surface area contributed by atoms with Gasteiger partial charge in [-0.25, -0.2) is 0 Å². The second-order valence-corrected chi connectivity index (χ2v) is 4.72. The van der Waals surface area contributed by atoms with E-state index >= 15 is 0 Å². The lowest BCUT2D eigenvalue weighted by Gasteiger charge is -2.29. The third-order valence-electron chi connectivity index (χ3n) is 3.11. The van der Waals surface area contributed by atoms with E-state index in [0.717, 1.165) is 31.9 Å². The van der Waals surface area contributed by atoms with E-state index in [1.165, 1.54) is 5.69 Å². The van der Waals surface area contributed by atoms with Crippen molar-refractivity contribution in [1.29, 1.82) is 0 Å². The number of benzene rings is 1. The minimum Gasteiger partial charge on any atom is -0.497 e. The number of hydrogen-bond donors (Lipinski definition) is 3. The van der Waals surface area contributed by atoms with E-state index in [1.807, 2.05) is 12.1 Å². The van der Waals surface area contributed by atoms with Gasteiger partial charge in [-0.1, -0.05) is 0 Å². The van der Waals surface area contributed by atoms with E-state index in [0.29, 0.717) is 0 Å². The number of carboxylic acid groups (broad SMARTS) is 2. The molecule has 1 aromatic rings. The van der Waals surface area contributed by atoms with Crippen molar-refractivity contribution in [2.75, 3.05) is 38.2 Å². The molecule has 1 heterocycles. The molecule has 8 heteroatoms. The summed E-state index contributed by atoms with van der Waals surface area (Å²) < 4.78 is 5.13. The van der Waals surface area contributed by atoms with Crippen molar-refractivity contribution in [1.82, 2.24) is 5.32 Å². The molecule has 0 amide bonds. The minimum absolute atomic E-state index is 0. The van der Waals surface area contributed by atoms with Crippen LogP contribution in [0, 0.1) is 0 Å². The average molecular weight is 347 g/mol. The van der Waals surface area contributed by atoms with Crippen molar-refractivity contribution in [3.05, 3.63) is 24.3 Å². The number of hydrogen-bond acceptors (Lipinski definition) is 5. The summed E-state index contributed by atoms with van der Waals surface area (Å²) in [5.41, 5.74) is 1.28. The van der Waals surface area contributed by atoms with Gasteiger partial charge in [0.25, 0.3) is 0 Å². The van der Waals surface area contributed by atoms with Gasteiger partial charge in [0, 0.05) is 31.9 Å². The third-order valence-corrected chi connectivity index (χ3v) is 3.11. The summed E-state index contributed by atoms with van der Waals surface area (Å²) >= 11 is 0. The van der Waals surface area contributed by atoms with Gasteiger partial charge in [-0.15, -0.1) is 12.4 Å². The van der Waals surface area contributed by atoms with Crippen molar-refractivity contribution in [3.63, 3.8) is 0 Å². The molecule has 0 unspecified atom stereocenters. The maximum Gasteiger partial charge on any atom is 0.303 e. The van der Waals surface area contributed by atoms with Gasteiger partial charge in [0.15, 0.2) is 0 Å². The number of aliphatic carboxylic acids is 2. The van der Waals surface area contributed by atoms with Crippen LogP contribution in [0.5, 0.6) is 5.75 Å². The Morgan fingerprint density at radius 2 is 1.57 bits per heavy atom. The van der Waals surface area contributed by atoms with Crippen LogP contribution in [0.15, 0.2) is 24.3 Å². The normalized spacial score (nSPS) is 13.2. The molecule has 130 valence electrons. The van der Waals surface area contributed by atoms with Crippen LogP contribution in [0.2, 0.25) is 0 Å². The Morgan fingerprint density at radius 3 is 1.96 bits per heavy atom. The van der Waals surface area contributed by atoms with E-state index in [1.54, 1.807) is 7.11 Å². The zero-order chi connectivity index (χ0) is 16.4. The Bertz CT molecular complexity index is 461. The van der Waals surface area contributed by atoms with Crippen LogP contribution in [-0.2, 0) is 9.59 Å². The first-order valence-corrected chi connectivity index (χ1v) is 7.06. The lowest BCUT2D eigenvalue weighted by atomic mass is 10.2. The Balaban J connectivity index is 0.000000469. The number of methoxy groups -OCH3 is 1. The van der Waals surface area contributed by atoms with E-state index in [2.05, 4.69) is 22.3 Å². The number of nitrogens with zero attached hydrogens (tertiary/aromatic N) is 1. The van der Waals surface area contributed by atoms with Gasteiger partial charge in [0.1, 0.15) is 5.75 Å². The molecular formula is C15H23ClN2O5. The van der Waals surface area contributed by atoms with Crippen LogP contribution in [-0.4, -0.2) is 55.4 Å². The molecule has 7 nitrogen and oxygen atoms in total. The molecule has 0 saturated carbocycles. The van der Waals surface area contributed by atoms with Crippen LogP contribution < -0.4 is 15.0 Å². The quantitative estimate of drug-likeness (QED) is 0.742. The van der Waals surface area contributed by atoms with Gasteiger partial charge in [-0.05, 0) is 24.3 Å². The monoisotopic (exact) mass is 346 g/mol. The van der Waals surface area contributed by atoms with E-state index in [9.17, 15) is 9.59 Å². The van der Waals surface area contributed by atoms with Crippen molar-refractivity contribution < 1.29 is 24.5 Å². The van der Waals surface area contributed by atoms with Gasteiger partial charge < -0.3 is 25.2 Å². The number of halogens is 1. The molecule has 1 aliphatic rings. The summed E-state index contributed by atoms with van der Waals surface area (Å²) in [6.45, 7) is 4.33. The molecular weight excluding hydrogens is 324 g/mol. The molecule has 2 rings (SSSR count). The van der Waals surface area contributed by atoms with Crippen molar-refractivity contribution >= 4 is 30.0 Å². The third kappa shape index (κ3) is 8.90. The number of rotatable bonds is 5. The topological polar surface area (TPSA) is 99.1 Å².